The second kappa shape index (κ2) is 9.56. The third-order valence-corrected chi connectivity index (χ3v) is 4.73. The minimum absolute atomic E-state index is 0.0902. The number of carbonyl (C=O) groups is 1. The Morgan fingerprint density at radius 2 is 1.75 bits per heavy atom. The van der Waals surface area contributed by atoms with Crippen molar-refractivity contribution in [1.82, 2.24) is 10.2 Å². The van der Waals surface area contributed by atoms with E-state index in [0.29, 0.717) is 44.8 Å². The summed E-state index contributed by atoms with van der Waals surface area (Å²) in [6.07, 6.45) is 2.32. The Morgan fingerprint density at radius 1 is 1.07 bits per heavy atom. The van der Waals surface area contributed by atoms with E-state index in [0.717, 1.165) is 5.56 Å². The van der Waals surface area contributed by atoms with Crippen molar-refractivity contribution in [2.45, 2.75) is 6.42 Å². The van der Waals surface area contributed by atoms with E-state index < -0.39 is 0 Å². The molecular formula is C22H23FN4O. The summed E-state index contributed by atoms with van der Waals surface area (Å²) in [5.41, 5.74) is 1.81. The topological polar surface area (TPSA) is 59.4 Å². The van der Waals surface area contributed by atoms with Crippen molar-refractivity contribution in [3.8, 4) is 6.07 Å². The van der Waals surface area contributed by atoms with Gasteiger partial charge in [0.15, 0.2) is 0 Å². The average molecular weight is 378 g/mol. The van der Waals surface area contributed by atoms with E-state index in [1.807, 2.05) is 52.3 Å². The van der Waals surface area contributed by atoms with Crippen LogP contribution in [0.25, 0.3) is 0 Å². The highest BCUT2D eigenvalue weighted by atomic mass is 19.1. The maximum Gasteiger partial charge on any atom is 0.263 e. The van der Waals surface area contributed by atoms with Crippen molar-refractivity contribution in [1.29, 1.82) is 5.26 Å². The molecule has 6 heteroatoms. The monoisotopic (exact) mass is 378 g/mol. The lowest BCUT2D eigenvalue weighted by Gasteiger charge is -2.35. The van der Waals surface area contributed by atoms with Crippen LogP contribution in [0.2, 0.25) is 0 Å². The SMILES string of the molecule is N#C/C(=C/N1CCN(c2ccccc2F)CC1)C(=O)NCCc1ccccc1. The highest BCUT2D eigenvalue weighted by Crippen LogP contribution is 2.20. The number of nitrogens with zero attached hydrogens (tertiary/aromatic N) is 3. The summed E-state index contributed by atoms with van der Waals surface area (Å²) in [6, 6.07) is 18.6. The molecule has 1 N–H and O–H groups in total. The normalized spacial score (nSPS) is 14.5. The molecule has 0 atom stereocenters. The summed E-state index contributed by atoms with van der Waals surface area (Å²) in [6.45, 7) is 2.98. The first-order valence-electron chi connectivity index (χ1n) is 9.35. The van der Waals surface area contributed by atoms with Crippen LogP contribution >= 0.6 is 0 Å². The Labute approximate surface area is 164 Å². The van der Waals surface area contributed by atoms with Gasteiger partial charge in [0.1, 0.15) is 17.5 Å². The molecule has 1 aliphatic rings. The number of carbonyl (C=O) groups excluding carboxylic acids is 1. The third kappa shape index (κ3) is 5.10. The lowest BCUT2D eigenvalue weighted by Crippen LogP contribution is -2.44. The van der Waals surface area contributed by atoms with Crippen LogP contribution in [0.4, 0.5) is 10.1 Å². The molecule has 0 unspecified atom stereocenters. The fourth-order valence-electron chi connectivity index (χ4n) is 3.18. The molecule has 2 aromatic rings. The number of hydrogen-bond donors (Lipinski definition) is 1. The van der Waals surface area contributed by atoms with Crippen molar-refractivity contribution in [3.05, 3.63) is 77.8 Å². The second-order valence-corrected chi connectivity index (χ2v) is 6.62. The van der Waals surface area contributed by atoms with Crippen molar-refractivity contribution >= 4 is 11.6 Å². The first-order valence-corrected chi connectivity index (χ1v) is 9.35. The number of piperazine rings is 1. The number of halogens is 1. The van der Waals surface area contributed by atoms with Gasteiger partial charge in [-0.25, -0.2) is 4.39 Å². The Hall–Kier alpha value is -3.33. The number of nitriles is 1. The number of hydrogen-bond acceptors (Lipinski definition) is 4. The molecule has 2 aromatic carbocycles. The zero-order chi connectivity index (χ0) is 19.8. The van der Waals surface area contributed by atoms with Gasteiger partial charge in [-0.3, -0.25) is 4.79 Å². The molecule has 0 radical (unpaired) electrons. The fraction of sp³-hybridized carbons (Fsp3) is 0.273. The summed E-state index contributed by atoms with van der Waals surface area (Å²) in [5.74, 6) is -0.600. The maximum absolute atomic E-state index is 13.9. The van der Waals surface area contributed by atoms with Crippen LogP contribution in [0.15, 0.2) is 66.4 Å². The summed E-state index contributed by atoms with van der Waals surface area (Å²) < 4.78 is 13.9. The van der Waals surface area contributed by atoms with Crippen LogP contribution in [0, 0.1) is 17.1 Å². The van der Waals surface area contributed by atoms with E-state index in [2.05, 4.69) is 5.32 Å². The van der Waals surface area contributed by atoms with Crippen LogP contribution in [0.5, 0.6) is 0 Å². The molecule has 0 aliphatic carbocycles. The van der Waals surface area contributed by atoms with Crippen molar-refractivity contribution in [3.63, 3.8) is 0 Å². The van der Waals surface area contributed by atoms with Gasteiger partial charge in [-0.1, -0.05) is 42.5 Å². The van der Waals surface area contributed by atoms with Gasteiger partial charge in [-0.2, -0.15) is 5.26 Å². The zero-order valence-electron chi connectivity index (χ0n) is 15.6. The Bertz CT molecular complexity index is 868. The summed E-state index contributed by atoms with van der Waals surface area (Å²) in [4.78, 5) is 16.2. The Kier molecular flexibility index (Phi) is 6.64. The van der Waals surface area contributed by atoms with Crippen molar-refractivity contribution < 1.29 is 9.18 Å². The lowest BCUT2D eigenvalue weighted by molar-refractivity contribution is -0.117. The summed E-state index contributed by atoms with van der Waals surface area (Å²) in [5, 5.41) is 12.1. The van der Waals surface area contributed by atoms with Gasteiger partial charge in [-0.05, 0) is 24.1 Å². The van der Waals surface area contributed by atoms with Gasteiger partial charge in [-0.15, -0.1) is 0 Å². The molecule has 0 spiro atoms. The van der Waals surface area contributed by atoms with Crippen LogP contribution in [0.3, 0.4) is 0 Å². The number of rotatable bonds is 6. The predicted octanol–water partition coefficient (Wildman–Crippen LogP) is 2.71. The van der Waals surface area contributed by atoms with Gasteiger partial charge in [0.25, 0.3) is 5.91 Å². The van der Waals surface area contributed by atoms with E-state index in [-0.39, 0.29) is 17.3 Å². The number of anilines is 1. The molecule has 144 valence electrons. The van der Waals surface area contributed by atoms with Gasteiger partial charge in [0.05, 0.1) is 5.69 Å². The van der Waals surface area contributed by atoms with Crippen LogP contribution < -0.4 is 10.2 Å². The molecule has 1 amide bonds. The molecule has 3 rings (SSSR count). The zero-order valence-corrected chi connectivity index (χ0v) is 15.6. The first kappa shape index (κ1) is 19.4. The number of para-hydroxylation sites is 1. The highest BCUT2D eigenvalue weighted by Gasteiger charge is 2.19. The Balaban J connectivity index is 1.51. The van der Waals surface area contributed by atoms with Crippen LogP contribution in [0.1, 0.15) is 5.56 Å². The molecule has 1 heterocycles. The molecule has 1 fully saturated rings. The third-order valence-electron chi connectivity index (χ3n) is 4.73. The van der Waals surface area contributed by atoms with Crippen molar-refractivity contribution in [2.24, 2.45) is 0 Å². The molecule has 28 heavy (non-hydrogen) atoms. The molecule has 1 aliphatic heterocycles. The summed E-state index contributed by atoms with van der Waals surface area (Å²) in [7, 11) is 0. The largest absolute Gasteiger partial charge is 0.373 e. The van der Waals surface area contributed by atoms with Gasteiger partial charge in [0.2, 0.25) is 0 Å². The van der Waals surface area contributed by atoms with Crippen molar-refractivity contribution in [2.75, 3.05) is 37.6 Å². The molecule has 0 aromatic heterocycles. The lowest BCUT2D eigenvalue weighted by atomic mass is 10.1. The minimum atomic E-state index is -0.366. The molecular weight excluding hydrogens is 355 g/mol. The van der Waals surface area contributed by atoms with E-state index in [1.165, 1.54) is 6.07 Å². The van der Waals surface area contributed by atoms with E-state index in [4.69, 9.17) is 0 Å². The van der Waals surface area contributed by atoms with Crippen LogP contribution in [-0.4, -0.2) is 43.5 Å². The smallest absolute Gasteiger partial charge is 0.263 e. The fourth-order valence-corrected chi connectivity index (χ4v) is 3.18. The van der Waals surface area contributed by atoms with Gasteiger partial charge >= 0.3 is 0 Å². The molecule has 0 saturated carbocycles. The number of amides is 1. The predicted molar refractivity (Wildman–Crippen MR) is 107 cm³/mol. The highest BCUT2D eigenvalue weighted by molar-refractivity contribution is 5.97. The van der Waals surface area contributed by atoms with Crippen LogP contribution in [-0.2, 0) is 11.2 Å². The van der Waals surface area contributed by atoms with E-state index >= 15 is 0 Å². The van der Waals surface area contributed by atoms with Gasteiger partial charge < -0.3 is 15.1 Å². The number of benzene rings is 2. The van der Waals surface area contributed by atoms with E-state index in [9.17, 15) is 14.4 Å². The van der Waals surface area contributed by atoms with Gasteiger partial charge in [0, 0.05) is 38.9 Å². The average Bonchev–Trinajstić information content (AvgIpc) is 2.73. The number of nitrogens with one attached hydrogen (secondary N) is 1. The summed E-state index contributed by atoms with van der Waals surface area (Å²) >= 11 is 0. The quantitative estimate of drug-likeness (QED) is 0.620. The molecule has 1 saturated heterocycles. The molecule has 5 nitrogen and oxygen atoms in total. The maximum atomic E-state index is 13.9. The second-order valence-electron chi connectivity index (χ2n) is 6.62. The molecule has 0 bridgehead atoms. The Morgan fingerprint density at radius 3 is 2.43 bits per heavy atom. The minimum Gasteiger partial charge on any atom is -0.373 e. The van der Waals surface area contributed by atoms with E-state index in [1.54, 1.807) is 18.3 Å². The standard InChI is InChI=1S/C22H23FN4O/c23-20-8-4-5-9-21(20)27-14-12-26(13-15-27)17-19(16-24)22(28)25-11-10-18-6-2-1-3-7-18/h1-9,17H,10-15H2,(H,25,28)/b19-17-. The first-order chi connectivity index (χ1) is 13.7.